The van der Waals surface area contributed by atoms with Gasteiger partial charge in [-0.1, -0.05) is 0 Å². The van der Waals surface area contributed by atoms with Gasteiger partial charge < -0.3 is 23.5 Å². The number of fused-ring (bicyclic) bond motifs is 2. The largest absolute Gasteiger partial charge is 0.573 e. The summed E-state index contributed by atoms with van der Waals surface area (Å²) in [6.45, 7) is 7.79. The van der Waals surface area contributed by atoms with Crippen molar-refractivity contribution in [3.05, 3.63) is 76.2 Å². The lowest BCUT2D eigenvalue weighted by Gasteiger charge is -2.39. The van der Waals surface area contributed by atoms with Crippen molar-refractivity contribution in [2.24, 2.45) is 0 Å². The van der Waals surface area contributed by atoms with E-state index in [2.05, 4.69) is 9.72 Å². The summed E-state index contributed by atoms with van der Waals surface area (Å²) in [7, 11) is 0. The Hall–Kier alpha value is -4.02. The molecule has 0 fully saturated rings. The molecule has 0 bridgehead atoms. The zero-order valence-corrected chi connectivity index (χ0v) is 20.7. The Bertz CT molecular complexity index is 1490. The van der Waals surface area contributed by atoms with E-state index in [0.29, 0.717) is 22.6 Å². The number of amides is 1. The Morgan fingerprint density at radius 3 is 2.57 bits per heavy atom. The summed E-state index contributed by atoms with van der Waals surface area (Å²) in [5, 5.41) is 0. The fourth-order valence-corrected chi connectivity index (χ4v) is 4.85. The van der Waals surface area contributed by atoms with Gasteiger partial charge in [-0.15, -0.1) is 13.2 Å². The summed E-state index contributed by atoms with van der Waals surface area (Å²) in [4.78, 5) is 32.5. The van der Waals surface area contributed by atoms with Crippen molar-refractivity contribution in [3.63, 3.8) is 0 Å². The van der Waals surface area contributed by atoms with E-state index >= 15 is 0 Å². The number of hydrogen-bond donors (Lipinski definition) is 0. The summed E-state index contributed by atoms with van der Waals surface area (Å²) in [5.41, 5.74) is 1.37. The lowest BCUT2D eigenvalue weighted by molar-refractivity contribution is -0.274. The molecule has 0 saturated carbocycles. The van der Waals surface area contributed by atoms with Crippen LogP contribution in [0.1, 0.15) is 42.5 Å². The molecular weight excluding hydrogens is 489 g/mol. The molecule has 3 aromatic rings. The molecule has 1 amide bonds. The molecule has 8 nitrogen and oxygen atoms in total. The number of carbonyl (C=O) groups excluding carboxylic acids is 1. The summed E-state index contributed by atoms with van der Waals surface area (Å²) in [6.07, 6.45) is 0.241. The van der Waals surface area contributed by atoms with Gasteiger partial charge in [0.05, 0.1) is 18.1 Å². The second-order valence-corrected chi connectivity index (χ2v) is 9.67. The molecule has 2 aliphatic rings. The molecule has 0 aliphatic carbocycles. The van der Waals surface area contributed by atoms with Gasteiger partial charge in [0.2, 0.25) is 0 Å². The van der Waals surface area contributed by atoms with Crippen LogP contribution in [0.2, 0.25) is 0 Å². The lowest BCUT2D eigenvalue weighted by Crippen LogP contribution is -2.49. The molecule has 4 heterocycles. The molecule has 0 N–H and O–H groups in total. The number of ether oxygens (including phenoxy) is 2. The van der Waals surface area contributed by atoms with Crippen molar-refractivity contribution in [2.45, 2.75) is 52.2 Å². The number of halogens is 3. The minimum Gasteiger partial charge on any atom is -0.483 e. The first kappa shape index (κ1) is 24.7. The van der Waals surface area contributed by atoms with E-state index in [-0.39, 0.29) is 36.0 Å². The Morgan fingerprint density at radius 2 is 1.89 bits per heavy atom. The van der Waals surface area contributed by atoms with Crippen LogP contribution in [0.5, 0.6) is 11.5 Å². The van der Waals surface area contributed by atoms with Crippen LogP contribution < -0.4 is 15.0 Å². The predicted octanol–water partition coefficient (Wildman–Crippen LogP) is 4.34. The summed E-state index contributed by atoms with van der Waals surface area (Å²) in [5.74, 6) is -0.333. The van der Waals surface area contributed by atoms with Crippen LogP contribution in [0.15, 0.2) is 53.7 Å². The van der Waals surface area contributed by atoms with Crippen LogP contribution >= 0.6 is 0 Å². The van der Waals surface area contributed by atoms with Crippen LogP contribution in [-0.2, 0) is 6.54 Å². The highest BCUT2D eigenvalue weighted by Crippen LogP contribution is 2.41. The highest BCUT2D eigenvalue weighted by molar-refractivity contribution is 5.95. The maximum atomic E-state index is 13.5. The van der Waals surface area contributed by atoms with E-state index in [9.17, 15) is 22.8 Å². The summed E-state index contributed by atoms with van der Waals surface area (Å²) < 4.78 is 51.7. The third kappa shape index (κ3) is 4.61. The monoisotopic (exact) mass is 514 g/mol. The highest BCUT2D eigenvalue weighted by atomic mass is 19.4. The first-order valence-electron chi connectivity index (χ1n) is 11.7. The zero-order chi connectivity index (χ0) is 26.7. The molecule has 11 heteroatoms. The Labute approximate surface area is 210 Å². The van der Waals surface area contributed by atoms with Gasteiger partial charge in [0.25, 0.3) is 11.5 Å². The zero-order valence-electron chi connectivity index (χ0n) is 20.7. The number of alkyl halides is 3. The molecule has 0 spiro atoms. The van der Waals surface area contributed by atoms with E-state index in [4.69, 9.17) is 4.74 Å². The third-order valence-electron chi connectivity index (χ3n) is 6.48. The third-order valence-corrected chi connectivity index (χ3v) is 6.48. The quantitative estimate of drug-likeness (QED) is 0.518. The normalized spacial score (nSPS) is 17.4. The van der Waals surface area contributed by atoms with Gasteiger partial charge in [0, 0.05) is 24.8 Å². The van der Waals surface area contributed by atoms with Crippen LogP contribution in [0.25, 0.3) is 11.3 Å². The molecule has 2 aliphatic heterocycles. The lowest BCUT2D eigenvalue weighted by atomic mass is 9.89. The minimum absolute atomic E-state index is 0.241. The number of carbonyl (C=O) groups is 1. The van der Waals surface area contributed by atoms with Crippen molar-refractivity contribution < 1.29 is 27.4 Å². The predicted molar refractivity (Wildman–Crippen MR) is 129 cm³/mol. The average Bonchev–Trinajstić information content (AvgIpc) is 3.23. The fraction of sp³-hybridized carbons (Fsp3) is 0.346. The second kappa shape index (κ2) is 8.53. The Morgan fingerprint density at radius 1 is 1.14 bits per heavy atom. The first-order chi connectivity index (χ1) is 17.3. The molecule has 1 atom stereocenters. The number of aromatic nitrogens is 3. The average molecular weight is 515 g/mol. The van der Waals surface area contributed by atoms with E-state index in [1.165, 1.54) is 22.8 Å². The Balaban J connectivity index is 1.49. The van der Waals surface area contributed by atoms with Gasteiger partial charge >= 0.3 is 6.36 Å². The maximum Gasteiger partial charge on any atom is 0.573 e. The van der Waals surface area contributed by atoms with E-state index in [1.54, 1.807) is 40.2 Å². The Kier molecular flexibility index (Phi) is 5.69. The van der Waals surface area contributed by atoms with Gasteiger partial charge in [-0.05, 0) is 69.7 Å². The van der Waals surface area contributed by atoms with Crippen LogP contribution in [0.4, 0.5) is 13.2 Å². The topological polar surface area (TPSA) is 78.6 Å². The van der Waals surface area contributed by atoms with Crippen molar-refractivity contribution in [2.75, 3.05) is 6.54 Å². The number of nitrogens with zero attached hydrogens (tertiary/aromatic N) is 4. The van der Waals surface area contributed by atoms with Crippen molar-refractivity contribution in [1.82, 2.24) is 19.0 Å². The van der Waals surface area contributed by atoms with Gasteiger partial charge in [0.15, 0.2) is 0 Å². The number of pyridine rings is 1. The summed E-state index contributed by atoms with van der Waals surface area (Å²) in [6, 6.07) is 6.59. The molecule has 37 heavy (non-hydrogen) atoms. The molecule has 1 aromatic carbocycles. The van der Waals surface area contributed by atoms with Crippen LogP contribution in [0.3, 0.4) is 0 Å². The number of imidazole rings is 1. The second-order valence-electron chi connectivity index (χ2n) is 9.67. The van der Waals surface area contributed by atoms with Crippen molar-refractivity contribution in [1.29, 1.82) is 0 Å². The molecule has 194 valence electrons. The molecule has 0 radical (unpaired) electrons. The minimum atomic E-state index is -4.84. The van der Waals surface area contributed by atoms with Gasteiger partial charge in [-0.2, -0.15) is 0 Å². The standard InChI is InChI=1S/C26H25F3N4O4/c1-15-13-31(14-30-15)20-6-7-21-24(35)32(9-10-33(21)23(20)34)16(2)19-12-25(3,4)37-22-8-5-17(11-18(19)22)36-26(27,28)29/h5-8,11-14,16H,9-10H2,1-4H3. The molecule has 5 rings (SSSR count). The van der Waals surface area contributed by atoms with Crippen molar-refractivity contribution in [3.8, 4) is 17.2 Å². The number of aryl methyl sites for hydroxylation is 1. The van der Waals surface area contributed by atoms with Gasteiger partial charge in [-0.25, -0.2) is 4.98 Å². The SMILES string of the molecule is Cc1cn(-c2ccc3n(c2=O)CCN(C(C)C2=CC(C)(C)Oc4ccc(OC(F)(F)F)cc42)C3=O)cn1. The molecule has 0 saturated heterocycles. The number of hydrogen-bond acceptors (Lipinski definition) is 5. The van der Waals surface area contributed by atoms with Crippen LogP contribution in [-0.4, -0.2) is 49.5 Å². The smallest absolute Gasteiger partial charge is 0.483 e. The number of rotatable bonds is 4. The number of benzene rings is 1. The highest BCUT2D eigenvalue weighted by Gasteiger charge is 2.37. The van der Waals surface area contributed by atoms with Gasteiger partial charge in [0.1, 0.15) is 28.5 Å². The van der Waals surface area contributed by atoms with Gasteiger partial charge in [-0.3, -0.25) is 9.59 Å². The molecular formula is C26H25F3N4O4. The maximum absolute atomic E-state index is 13.5. The van der Waals surface area contributed by atoms with Crippen molar-refractivity contribution >= 4 is 11.5 Å². The van der Waals surface area contributed by atoms with E-state index < -0.39 is 18.0 Å². The molecule has 2 aromatic heterocycles. The first-order valence-corrected chi connectivity index (χ1v) is 11.7. The molecule has 1 unspecified atom stereocenters. The van der Waals surface area contributed by atoms with Crippen LogP contribution in [0, 0.1) is 6.92 Å². The van der Waals surface area contributed by atoms with E-state index in [0.717, 1.165) is 5.69 Å². The summed E-state index contributed by atoms with van der Waals surface area (Å²) >= 11 is 0. The fourth-order valence-electron chi connectivity index (χ4n) is 4.85. The van der Waals surface area contributed by atoms with E-state index in [1.807, 2.05) is 27.7 Å².